The van der Waals surface area contributed by atoms with Crippen LogP contribution in [0.3, 0.4) is 0 Å². The van der Waals surface area contributed by atoms with Crippen LogP contribution in [-0.4, -0.2) is 95.9 Å². The lowest BCUT2D eigenvalue weighted by atomic mass is 9.79. The van der Waals surface area contributed by atoms with Crippen molar-refractivity contribution in [2.45, 2.75) is 89.1 Å². The van der Waals surface area contributed by atoms with Crippen LogP contribution in [0.15, 0.2) is 0 Å². The topological polar surface area (TPSA) is 47.1 Å². The molecule has 2 atom stereocenters. The maximum absolute atomic E-state index is 13.3. The van der Waals surface area contributed by atoms with E-state index in [-0.39, 0.29) is 11.8 Å². The van der Waals surface area contributed by atoms with Gasteiger partial charge in [0.15, 0.2) is 0 Å². The second-order valence-electron chi connectivity index (χ2n) is 11.2. The van der Waals surface area contributed by atoms with E-state index in [4.69, 9.17) is 0 Å². The third-order valence-electron chi connectivity index (χ3n) is 9.31. The number of rotatable bonds is 4. The normalized spacial score (nSPS) is 32.0. The SMILES string of the molecule is O=C(C1CCCC(C(=O)N2CCN(C3CCCC3)CC2)C1)N1CCN(C2CCCC2)CC1. The molecule has 0 bridgehead atoms. The third kappa shape index (κ3) is 5.01. The van der Waals surface area contributed by atoms with Gasteiger partial charge in [-0.15, -0.1) is 0 Å². The zero-order valence-corrected chi connectivity index (χ0v) is 20.1. The molecule has 0 aromatic heterocycles. The lowest BCUT2D eigenvalue weighted by Gasteiger charge is -2.41. The van der Waals surface area contributed by atoms with Crippen LogP contribution in [0.5, 0.6) is 0 Å². The minimum absolute atomic E-state index is 0.0653. The van der Waals surface area contributed by atoms with Crippen LogP contribution in [0.1, 0.15) is 77.0 Å². The number of carbonyl (C=O) groups is 2. The molecule has 3 saturated carbocycles. The Morgan fingerprint density at radius 1 is 0.469 bits per heavy atom. The maximum Gasteiger partial charge on any atom is 0.225 e. The molecular weight excluding hydrogens is 400 g/mol. The largest absolute Gasteiger partial charge is 0.340 e. The van der Waals surface area contributed by atoms with Gasteiger partial charge in [-0.25, -0.2) is 0 Å². The van der Waals surface area contributed by atoms with Crippen molar-refractivity contribution < 1.29 is 9.59 Å². The summed E-state index contributed by atoms with van der Waals surface area (Å²) < 4.78 is 0. The van der Waals surface area contributed by atoms with Gasteiger partial charge in [0, 0.05) is 76.3 Å². The van der Waals surface area contributed by atoms with E-state index in [1.54, 1.807) is 0 Å². The number of amides is 2. The van der Waals surface area contributed by atoms with Crippen molar-refractivity contribution in [2.24, 2.45) is 11.8 Å². The Kier molecular flexibility index (Phi) is 7.37. The minimum atomic E-state index is 0.0653. The first kappa shape index (κ1) is 22.6. The lowest BCUT2D eigenvalue weighted by Crippen LogP contribution is -2.54. The fourth-order valence-electron chi connectivity index (χ4n) is 7.31. The highest BCUT2D eigenvalue weighted by molar-refractivity contribution is 5.82. The number of carbonyl (C=O) groups excluding carboxylic acids is 2. The molecular formula is C26H44N4O2. The summed E-state index contributed by atoms with van der Waals surface area (Å²) >= 11 is 0. The van der Waals surface area contributed by atoms with Crippen LogP contribution in [0.4, 0.5) is 0 Å². The van der Waals surface area contributed by atoms with Gasteiger partial charge in [0.1, 0.15) is 0 Å². The van der Waals surface area contributed by atoms with E-state index in [9.17, 15) is 9.59 Å². The molecule has 0 radical (unpaired) electrons. The third-order valence-corrected chi connectivity index (χ3v) is 9.31. The van der Waals surface area contributed by atoms with Crippen molar-refractivity contribution in [3.63, 3.8) is 0 Å². The van der Waals surface area contributed by atoms with E-state index in [1.165, 1.54) is 51.4 Å². The van der Waals surface area contributed by atoms with Crippen molar-refractivity contribution in [1.29, 1.82) is 0 Å². The Morgan fingerprint density at radius 2 is 0.844 bits per heavy atom. The van der Waals surface area contributed by atoms with Gasteiger partial charge in [0.2, 0.25) is 11.8 Å². The van der Waals surface area contributed by atoms with Crippen LogP contribution >= 0.6 is 0 Å². The molecule has 2 heterocycles. The molecule has 2 amide bonds. The second kappa shape index (κ2) is 10.4. The molecule has 2 unspecified atom stereocenters. The second-order valence-corrected chi connectivity index (χ2v) is 11.2. The first-order valence-electron chi connectivity index (χ1n) is 13.7. The highest BCUT2D eigenvalue weighted by Gasteiger charge is 2.37. The summed E-state index contributed by atoms with van der Waals surface area (Å²) in [4.78, 5) is 36.1. The predicted octanol–water partition coefficient (Wildman–Crippen LogP) is 2.97. The number of nitrogens with zero attached hydrogens (tertiary/aromatic N) is 4. The fourth-order valence-corrected chi connectivity index (χ4v) is 7.31. The minimum Gasteiger partial charge on any atom is -0.340 e. The quantitative estimate of drug-likeness (QED) is 0.669. The van der Waals surface area contributed by atoms with Gasteiger partial charge < -0.3 is 9.80 Å². The van der Waals surface area contributed by atoms with Crippen LogP contribution in [-0.2, 0) is 9.59 Å². The molecule has 6 nitrogen and oxygen atoms in total. The zero-order chi connectivity index (χ0) is 21.9. The van der Waals surface area contributed by atoms with E-state index in [2.05, 4.69) is 19.6 Å². The van der Waals surface area contributed by atoms with Gasteiger partial charge in [0.05, 0.1) is 0 Å². The van der Waals surface area contributed by atoms with E-state index in [1.807, 2.05) is 0 Å². The average Bonchev–Trinajstić information content (AvgIpc) is 3.58. The Hall–Kier alpha value is -1.14. The molecule has 0 spiro atoms. The summed E-state index contributed by atoms with van der Waals surface area (Å²) in [5, 5.41) is 0. The standard InChI is InChI=1S/C26H44N4O2/c31-25(29-16-12-27(13-17-29)23-8-1-2-9-23)21-6-5-7-22(20-21)26(32)30-18-14-28(15-19-30)24-10-3-4-11-24/h21-24H,1-20H2. The van der Waals surface area contributed by atoms with Crippen molar-refractivity contribution >= 4 is 11.8 Å². The van der Waals surface area contributed by atoms with E-state index in [0.29, 0.717) is 11.8 Å². The van der Waals surface area contributed by atoms with Crippen molar-refractivity contribution in [3.8, 4) is 0 Å². The maximum atomic E-state index is 13.3. The van der Waals surface area contributed by atoms with Crippen molar-refractivity contribution in [1.82, 2.24) is 19.6 Å². The monoisotopic (exact) mass is 444 g/mol. The molecule has 32 heavy (non-hydrogen) atoms. The average molecular weight is 445 g/mol. The van der Waals surface area contributed by atoms with Gasteiger partial charge in [-0.1, -0.05) is 32.1 Å². The summed E-state index contributed by atoms with van der Waals surface area (Å²) in [6.07, 6.45) is 14.6. The smallest absolute Gasteiger partial charge is 0.225 e. The summed E-state index contributed by atoms with van der Waals surface area (Å²) in [6.45, 7) is 7.68. The van der Waals surface area contributed by atoms with E-state index in [0.717, 1.165) is 90.1 Å². The van der Waals surface area contributed by atoms with Crippen molar-refractivity contribution in [3.05, 3.63) is 0 Å². The summed E-state index contributed by atoms with van der Waals surface area (Å²) in [5.74, 6) is 0.797. The lowest BCUT2D eigenvalue weighted by molar-refractivity contribution is -0.143. The molecule has 6 heteroatoms. The summed E-state index contributed by atoms with van der Waals surface area (Å²) in [5.41, 5.74) is 0. The molecule has 180 valence electrons. The van der Waals surface area contributed by atoms with Crippen LogP contribution in [0.25, 0.3) is 0 Å². The van der Waals surface area contributed by atoms with Gasteiger partial charge in [-0.05, 0) is 44.9 Å². The molecule has 5 fully saturated rings. The van der Waals surface area contributed by atoms with Crippen LogP contribution in [0.2, 0.25) is 0 Å². The summed E-state index contributed by atoms with van der Waals surface area (Å²) in [7, 11) is 0. The van der Waals surface area contributed by atoms with Crippen LogP contribution < -0.4 is 0 Å². The zero-order valence-electron chi connectivity index (χ0n) is 20.1. The molecule has 3 aliphatic carbocycles. The van der Waals surface area contributed by atoms with E-state index < -0.39 is 0 Å². The van der Waals surface area contributed by atoms with Crippen molar-refractivity contribution in [2.75, 3.05) is 52.4 Å². The summed E-state index contributed by atoms with van der Waals surface area (Å²) in [6, 6.07) is 1.52. The van der Waals surface area contributed by atoms with Gasteiger partial charge in [-0.2, -0.15) is 0 Å². The Bertz CT molecular complexity index is 588. The van der Waals surface area contributed by atoms with E-state index >= 15 is 0 Å². The highest BCUT2D eigenvalue weighted by Crippen LogP contribution is 2.33. The first-order valence-corrected chi connectivity index (χ1v) is 13.7. The Labute approximate surface area is 194 Å². The molecule has 0 aromatic rings. The molecule has 5 aliphatic rings. The molecule has 0 aromatic carbocycles. The number of hydrogen-bond donors (Lipinski definition) is 0. The molecule has 2 saturated heterocycles. The molecule has 0 N–H and O–H groups in total. The Balaban J connectivity index is 1.08. The molecule has 2 aliphatic heterocycles. The fraction of sp³-hybridized carbons (Fsp3) is 0.923. The number of piperazine rings is 2. The molecule has 5 rings (SSSR count). The number of hydrogen-bond acceptors (Lipinski definition) is 4. The van der Waals surface area contributed by atoms with Gasteiger partial charge >= 0.3 is 0 Å². The highest BCUT2D eigenvalue weighted by atomic mass is 16.2. The first-order chi connectivity index (χ1) is 15.7. The van der Waals surface area contributed by atoms with Crippen LogP contribution in [0, 0.1) is 11.8 Å². The Morgan fingerprint density at radius 3 is 1.22 bits per heavy atom. The van der Waals surface area contributed by atoms with Gasteiger partial charge in [0.25, 0.3) is 0 Å². The van der Waals surface area contributed by atoms with Gasteiger partial charge in [-0.3, -0.25) is 19.4 Å². The predicted molar refractivity (Wildman–Crippen MR) is 126 cm³/mol.